The van der Waals surface area contributed by atoms with E-state index in [9.17, 15) is 23.0 Å². The molecule has 0 saturated carbocycles. The highest BCUT2D eigenvalue weighted by Crippen LogP contribution is 2.59. The van der Waals surface area contributed by atoms with Crippen molar-refractivity contribution in [2.45, 2.75) is 57.5 Å². The molecule has 0 aromatic heterocycles. The van der Waals surface area contributed by atoms with Crippen LogP contribution in [0.5, 0.6) is 0 Å². The highest BCUT2D eigenvalue weighted by Gasteiger charge is 2.55. The van der Waals surface area contributed by atoms with E-state index in [0.29, 0.717) is 12.5 Å². The summed E-state index contributed by atoms with van der Waals surface area (Å²) in [6.07, 6.45) is -2.10. The van der Waals surface area contributed by atoms with Gasteiger partial charge in [0, 0.05) is 25.6 Å². The van der Waals surface area contributed by atoms with Crippen molar-refractivity contribution in [3.8, 4) is 0 Å². The quantitative estimate of drug-likeness (QED) is 0.432. The van der Waals surface area contributed by atoms with Gasteiger partial charge in [0.15, 0.2) is 0 Å². The number of carbonyl (C=O) groups excluding carboxylic acids is 1. The Bertz CT molecular complexity index is 524. The van der Waals surface area contributed by atoms with Gasteiger partial charge in [0.25, 0.3) is 0 Å². The second-order valence-electron chi connectivity index (χ2n) is 6.88. The molecule has 1 rings (SSSR count). The summed E-state index contributed by atoms with van der Waals surface area (Å²) in [5.41, 5.74) is -3.98. The van der Waals surface area contributed by atoms with Crippen LogP contribution in [0, 0.1) is 11.8 Å². The first-order valence-electron chi connectivity index (χ1n) is 8.47. The molecule has 2 N–H and O–H groups in total. The van der Waals surface area contributed by atoms with Gasteiger partial charge in [0.05, 0.1) is 18.6 Å². The molecule has 7 nitrogen and oxygen atoms in total. The summed E-state index contributed by atoms with van der Waals surface area (Å²) >= 11 is 0. The topological polar surface area (TPSA) is 94.1 Å². The molecule has 1 heterocycles. The fraction of sp³-hybridized carbons (Fsp3) is 0.933. The zero-order valence-corrected chi connectivity index (χ0v) is 16.4. The van der Waals surface area contributed by atoms with Gasteiger partial charge in [-0.3, -0.25) is 9.36 Å². The average Bonchev–Trinajstić information content (AvgIpc) is 2.78. The molecule has 0 spiro atoms. The van der Waals surface area contributed by atoms with Crippen LogP contribution in [0.3, 0.4) is 0 Å². The van der Waals surface area contributed by atoms with Gasteiger partial charge < -0.3 is 24.2 Å². The van der Waals surface area contributed by atoms with Crippen molar-refractivity contribution in [2.24, 2.45) is 11.8 Å². The molecule has 0 aliphatic carbocycles. The van der Waals surface area contributed by atoms with E-state index >= 15 is 0 Å². The molecular weight excluding hydrogens is 370 g/mol. The Morgan fingerprint density at radius 1 is 1.46 bits per heavy atom. The fourth-order valence-corrected chi connectivity index (χ4v) is 3.29. The molecule has 1 fully saturated rings. The molecule has 11 heteroatoms. The van der Waals surface area contributed by atoms with Crippen LogP contribution in [-0.2, 0) is 23.4 Å². The molecule has 1 aliphatic rings. The molecule has 0 aromatic rings. The SMILES string of the molecule is [B]C1OC(CC(F)(F)P(=O)(O)OC)C(C)C1OCC(=O)NCCC(C)C. The Kier molecular flexibility index (Phi) is 8.68. The molecule has 0 bridgehead atoms. The van der Waals surface area contributed by atoms with Gasteiger partial charge in [-0.05, 0) is 12.3 Å². The molecule has 5 atom stereocenters. The van der Waals surface area contributed by atoms with Gasteiger partial charge >= 0.3 is 13.3 Å². The third kappa shape index (κ3) is 6.27. The molecule has 150 valence electrons. The van der Waals surface area contributed by atoms with Crippen molar-refractivity contribution in [1.82, 2.24) is 5.32 Å². The molecule has 0 aromatic carbocycles. The number of hydrogen-bond acceptors (Lipinski definition) is 5. The fourth-order valence-electron chi connectivity index (χ4n) is 2.61. The van der Waals surface area contributed by atoms with Crippen LogP contribution >= 0.6 is 7.60 Å². The number of ether oxygens (including phenoxy) is 2. The highest BCUT2D eigenvalue weighted by molar-refractivity contribution is 7.54. The summed E-state index contributed by atoms with van der Waals surface area (Å²) in [6, 6.07) is -1.02. The lowest BCUT2D eigenvalue weighted by Gasteiger charge is -2.25. The third-order valence-electron chi connectivity index (χ3n) is 4.32. The lowest BCUT2D eigenvalue weighted by Crippen LogP contribution is -2.36. The van der Waals surface area contributed by atoms with E-state index in [1.807, 2.05) is 13.8 Å². The average molecular weight is 397 g/mol. The smallest absolute Gasteiger partial charge is 0.381 e. The van der Waals surface area contributed by atoms with Gasteiger partial charge in [0.2, 0.25) is 5.91 Å². The van der Waals surface area contributed by atoms with Crippen LogP contribution in [0.25, 0.3) is 0 Å². The molecular formula is C15H27BF2NO6P. The minimum absolute atomic E-state index is 0.274. The second kappa shape index (κ2) is 9.60. The van der Waals surface area contributed by atoms with E-state index in [1.165, 1.54) is 0 Å². The van der Waals surface area contributed by atoms with Crippen molar-refractivity contribution in [2.75, 3.05) is 20.3 Å². The summed E-state index contributed by atoms with van der Waals surface area (Å²) in [5.74, 6) is -0.487. The summed E-state index contributed by atoms with van der Waals surface area (Å²) in [6.45, 7) is 5.88. The van der Waals surface area contributed by atoms with E-state index in [-0.39, 0.29) is 12.5 Å². The van der Waals surface area contributed by atoms with Gasteiger partial charge in [-0.15, -0.1) is 0 Å². The maximum Gasteiger partial charge on any atom is 0.396 e. The number of alkyl halides is 2. The van der Waals surface area contributed by atoms with Crippen molar-refractivity contribution >= 4 is 21.3 Å². The molecule has 1 saturated heterocycles. The minimum atomic E-state index is -5.11. The minimum Gasteiger partial charge on any atom is -0.381 e. The Morgan fingerprint density at radius 2 is 2.08 bits per heavy atom. The zero-order valence-electron chi connectivity index (χ0n) is 15.5. The first kappa shape index (κ1) is 23.5. The zero-order chi connectivity index (χ0) is 20.1. The molecule has 5 unspecified atom stereocenters. The maximum atomic E-state index is 13.9. The molecule has 1 amide bonds. The van der Waals surface area contributed by atoms with E-state index in [1.54, 1.807) is 6.92 Å². The van der Waals surface area contributed by atoms with Gasteiger partial charge in [-0.1, -0.05) is 20.8 Å². The normalized spacial score (nSPS) is 28.9. The number of carbonyl (C=O) groups is 1. The van der Waals surface area contributed by atoms with Crippen molar-refractivity contribution in [3.63, 3.8) is 0 Å². The van der Waals surface area contributed by atoms with Crippen LogP contribution in [0.2, 0.25) is 0 Å². The van der Waals surface area contributed by atoms with Crippen LogP contribution in [0.15, 0.2) is 0 Å². The first-order chi connectivity index (χ1) is 11.9. The lowest BCUT2D eigenvalue weighted by atomic mass is 9.88. The number of hydrogen-bond donors (Lipinski definition) is 2. The van der Waals surface area contributed by atoms with Crippen LogP contribution in [-0.4, -0.2) is 62.8 Å². The Labute approximate surface area is 154 Å². The van der Waals surface area contributed by atoms with Gasteiger partial charge in [0.1, 0.15) is 14.5 Å². The van der Waals surface area contributed by atoms with Crippen LogP contribution in [0.4, 0.5) is 8.78 Å². The van der Waals surface area contributed by atoms with Crippen molar-refractivity contribution in [3.05, 3.63) is 0 Å². The van der Waals surface area contributed by atoms with Crippen molar-refractivity contribution in [1.29, 1.82) is 0 Å². The Hall–Kier alpha value is -0.535. The Balaban J connectivity index is 2.55. The van der Waals surface area contributed by atoms with Gasteiger partial charge in [-0.25, -0.2) is 0 Å². The number of amides is 1. The summed E-state index contributed by atoms with van der Waals surface area (Å²) < 4.78 is 54.0. The number of rotatable bonds is 10. The summed E-state index contributed by atoms with van der Waals surface area (Å²) in [7, 11) is 1.39. The monoisotopic (exact) mass is 397 g/mol. The lowest BCUT2D eigenvalue weighted by molar-refractivity contribution is -0.128. The Morgan fingerprint density at radius 3 is 2.62 bits per heavy atom. The third-order valence-corrected chi connectivity index (χ3v) is 5.82. The van der Waals surface area contributed by atoms with Crippen LogP contribution < -0.4 is 5.32 Å². The van der Waals surface area contributed by atoms with Crippen molar-refractivity contribution < 1.29 is 37.0 Å². The predicted molar refractivity (Wildman–Crippen MR) is 92.2 cm³/mol. The van der Waals surface area contributed by atoms with E-state index in [0.717, 1.165) is 13.5 Å². The second-order valence-corrected chi connectivity index (χ2v) is 8.94. The largest absolute Gasteiger partial charge is 0.396 e. The first-order valence-corrected chi connectivity index (χ1v) is 10.0. The van der Waals surface area contributed by atoms with E-state index < -0.39 is 43.8 Å². The summed E-state index contributed by atoms with van der Waals surface area (Å²) in [5, 5.41) is 2.69. The number of halogens is 2. The molecule has 2 radical (unpaired) electrons. The number of nitrogens with one attached hydrogen (secondary N) is 1. The van der Waals surface area contributed by atoms with E-state index in [2.05, 4.69) is 9.84 Å². The van der Waals surface area contributed by atoms with Gasteiger partial charge in [-0.2, -0.15) is 8.78 Å². The molecule has 1 aliphatic heterocycles. The highest BCUT2D eigenvalue weighted by atomic mass is 31.2. The van der Waals surface area contributed by atoms with Crippen LogP contribution in [0.1, 0.15) is 33.6 Å². The molecule has 26 heavy (non-hydrogen) atoms. The van der Waals surface area contributed by atoms with E-state index in [4.69, 9.17) is 17.3 Å². The standard InChI is InChI=1S/C15H27BF2NO6P/c1-9(2)5-6-19-12(20)8-24-13-10(3)11(25-14(13)16)7-15(17,18)26(21,22)23-4/h9-11,13-14H,5-8H2,1-4H3,(H,19,20)(H,21,22). The summed E-state index contributed by atoms with van der Waals surface area (Å²) in [4.78, 5) is 21.0. The predicted octanol–water partition coefficient (Wildman–Crippen LogP) is 1.88. The maximum absolute atomic E-state index is 13.9.